The second-order valence-electron chi connectivity index (χ2n) is 5.74. The maximum Gasteiger partial charge on any atom is 0.238 e. The van der Waals surface area contributed by atoms with E-state index in [-0.39, 0.29) is 5.91 Å². The van der Waals surface area contributed by atoms with Crippen LogP contribution in [0.1, 0.15) is 5.82 Å². The first kappa shape index (κ1) is 18.1. The number of ether oxygens (including phenoxy) is 1. The number of halogens is 1. The molecule has 2 aromatic rings. The lowest BCUT2D eigenvalue weighted by molar-refractivity contribution is -0.117. The molecule has 1 aliphatic rings. The number of anilines is 2. The SMILES string of the molecule is COCc1nsc(N2CCN(CC(=O)Nc3ccc(Cl)cc3)CC2)n1. The van der Waals surface area contributed by atoms with E-state index >= 15 is 0 Å². The van der Waals surface area contributed by atoms with Gasteiger partial charge >= 0.3 is 0 Å². The quantitative estimate of drug-likeness (QED) is 0.826. The van der Waals surface area contributed by atoms with Gasteiger partial charge in [-0.2, -0.15) is 4.37 Å². The van der Waals surface area contributed by atoms with Gasteiger partial charge in [-0.25, -0.2) is 4.98 Å². The highest BCUT2D eigenvalue weighted by Gasteiger charge is 2.21. The molecule has 9 heteroatoms. The van der Waals surface area contributed by atoms with Gasteiger partial charge in [0.05, 0.1) is 6.54 Å². The van der Waals surface area contributed by atoms with E-state index < -0.39 is 0 Å². The van der Waals surface area contributed by atoms with Gasteiger partial charge in [-0.3, -0.25) is 9.69 Å². The normalized spacial score (nSPS) is 15.4. The number of carbonyl (C=O) groups excluding carboxylic acids is 1. The number of carbonyl (C=O) groups is 1. The third kappa shape index (κ3) is 5.12. The van der Waals surface area contributed by atoms with Gasteiger partial charge < -0.3 is 15.0 Å². The molecule has 2 heterocycles. The molecule has 1 N–H and O–H groups in total. The van der Waals surface area contributed by atoms with E-state index in [2.05, 4.69) is 24.5 Å². The van der Waals surface area contributed by atoms with E-state index in [0.717, 1.165) is 37.0 Å². The highest BCUT2D eigenvalue weighted by molar-refractivity contribution is 7.09. The highest BCUT2D eigenvalue weighted by Crippen LogP contribution is 2.19. The van der Waals surface area contributed by atoms with Crippen molar-refractivity contribution in [1.82, 2.24) is 14.3 Å². The Kier molecular flexibility index (Phi) is 6.19. The van der Waals surface area contributed by atoms with Crippen LogP contribution in [0, 0.1) is 0 Å². The topological polar surface area (TPSA) is 70.6 Å². The maximum atomic E-state index is 12.2. The lowest BCUT2D eigenvalue weighted by atomic mass is 10.3. The van der Waals surface area contributed by atoms with E-state index in [4.69, 9.17) is 16.3 Å². The number of hydrogen-bond acceptors (Lipinski definition) is 7. The second-order valence-corrected chi connectivity index (χ2v) is 6.91. The van der Waals surface area contributed by atoms with E-state index in [9.17, 15) is 4.79 Å². The highest BCUT2D eigenvalue weighted by atomic mass is 35.5. The average molecular weight is 382 g/mol. The smallest absolute Gasteiger partial charge is 0.238 e. The number of amides is 1. The van der Waals surface area contributed by atoms with Crippen LogP contribution in [0.15, 0.2) is 24.3 Å². The van der Waals surface area contributed by atoms with E-state index in [0.29, 0.717) is 24.0 Å². The molecule has 1 aromatic carbocycles. The predicted molar refractivity (Wildman–Crippen MR) is 99.4 cm³/mol. The van der Waals surface area contributed by atoms with Gasteiger partial charge in [-0.1, -0.05) is 11.6 Å². The molecule has 1 aliphatic heterocycles. The van der Waals surface area contributed by atoms with Crippen molar-refractivity contribution in [3.63, 3.8) is 0 Å². The molecule has 0 atom stereocenters. The summed E-state index contributed by atoms with van der Waals surface area (Å²) < 4.78 is 9.33. The van der Waals surface area contributed by atoms with Crippen LogP contribution < -0.4 is 10.2 Å². The number of hydrogen-bond donors (Lipinski definition) is 1. The Morgan fingerprint density at radius 1 is 1.28 bits per heavy atom. The fourth-order valence-corrected chi connectivity index (χ4v) is 3.45. The fraction of sp³-hybridized carbons (Fsp3) is 0.438. The number of methoxy groups -OCH3 is 1. The number of piperazine rings is 1. The van der Waals surface area contributed by atoms with Gasteiger partial charge in [0.25, 0.3) is 0 Å². The summed E-state index contributed by atoms with van der Waals surface area (Å²) in [5.74, 6) is 0.696. The zero-order valence-corrected chi connectivity index (χ0v) is 15.5. The van der Waals surface area contributed by atoms with Crippen molar-refractivity contribution in [2.45, 2.75) is 6.61 Å². The van der Waals surface area contributed by atoms with Crippen LogP contribution >= 0.6 is 23.1 Å². The summed E-state index contributed by atoms with van der Waals surface area (Å²) in [4.78, 5) is 21.0. The van der Waals surface area contributed by atoms with Crippen LogP contribution in [0.4, 0.5) is 10.8 Å². The van der Waals surface area contributed by atoms with E-state index in [1.807, 2.05) is 0 Å². The van der Waals surface area contributed by atoms with Gasteiger partial charge in [0.2, 0.25) is 11.0 Å². The van der Waals surface area contributed by atoms with Crippen molar-refractivity contribution in [3.8, 4) is 0 Å². The van der Waals surface area contributed by atoms with Crippen LogP contribution in [-0.2, 0) is 16.1 Å². The van der Waals surface area contributed by atoms with Crippen molar-refractivity contribution in [1.29, 1.82) is 0 Å². The Morgan fingerprint density at radius 2 is 2.00 bits per heavy atom. The van der Waals surface area contributed by atoms with E-state index in [1.54, 1.807) is 31.4 Å². The van der Waals surface area contributed by atoms with Crippen molar-refractivity contribution in [2.24, 2.45) is 0 Å². The zero-order valence-electron chi connectivity index (χ0n) is 13.9. The Balaban J connectivity index is 1.45. The van der Waals surface area contributed by atoms with Crippen LogP contribution in [0.2, 0.25) is 5.02 Å². The summed E-state index contributed by atoms with van der Waals surface area (Å²) in [5, 5.41) is 4.46. The molecule has 0 spiro atoms. The first-order chi connectivity index (χ1) is 12.1. The number of aromatic nitrogens is 2. The van der Waals surface area contributed by atoms with Crippen molar-refractivity contribution in [3.05, 3.63) is 35.1 Å². The molecule has 0 aliphatic carbocycles. The minimum atomic E-state index is -0.0194. The number of nitrogens with zero attached hydrogens (tertiary/aromatic N) is 4. The van der Waals surface area contributed by atoms with Gasteiger partial charge in [-0.15, -0.1) is 0 Å². The number of benzene rings is 1. The van der Waals surface area contributed by atoms with Gasteiger partial charge in [0.15, 0.2) is 5.82 Å². The fourth-order valence-electron chi connectivity index (χ4n) is 2.60. The van der Waals surface area contributed by atoms with Crippen molar-refractivity contribution in [2.75, 3.05) is 50.1 Å². The van der Waals surface area contributed by atoms with Crippen LogP contribution in [-0.4, -0.2) is 60.0 Å². The Labute approximate surface area is 155 Å². The number of rotatable bonds is 6. The predicted octanol–water partition coefficient (Wildman–Crippen LogP) is 2.10. The molecule has 0 bridgehead atoms. The van der Waals surface area contributed by atoms with Crippen molar-refractivity contribution < 1.29 is 9.53 Å². The monoisotopic (exact) mass is 381 g/mol. The standard InChI is InChI=1S/C16H20ClN5O2S/c1-24-11-14-19-16(25-20-14)22-8-6-21(7-9-22)10-15(23)18-13-4-2-12(17)3-5-13/h2-5H,6-11H2,1H3,(H,18,23). The Morgan fingerprint density at radius 3 is 2.68 bits per heavy atom. The summed E-state index contributed by atoms with van der Waals surface area (Å²) in [6, 6.07) is 7.11. The first-order valence-corrected chi connectivity index (χ1v) is 9.13. The third-order valence-corrected chi connectivity index (χ3v) is 4.94. The number of nitrogens with one attached hydrogen (secondary N) is 1. The van der Waals surface area contributed by atoms with E-state index in [1.165, 1.54) is 11.5 Å². The summed E-state index contributed by atoms with van der Waals surface area (Å²) in [6.07, 6.45) is 0. The zero-order chi connectivity index (χ0) is 17.6. The maximum absolute atomic E-state index is 12.2. The Bertz CT molecular complexity index is 701. The molecule has 1 fully saturated rings. The minimum Gasteiger partial charge on any atom is -0.377 e. The Hall–Kier alpha value is -1.74. The molecule has 1 saturated heterocycles. The molecular weight excluding hydrogens is 362 g/mol. The van der Waals surface area contributed by atoms with Gasteiger partial charge in [-0.05, 0) is 24.3 Å². The van der Waals surface area contributed by atoms with Crippen LogP contribution in [0.25, 0.3) is 0 Å². The first-order valence-electron chi connectivity index (χ1n) is 7.98. The molecule has 0 radical (unpaired) electrons. The molecule has 0 unspecified atom stereocenters. The lowest BCUT2D eigenvalue weighted by Gasteiger charge is -2.33. The molecular formula is C16H20ClN5O2S. The molecule has 25 heavy (non-hydrogen) atoms. The molecule has 134 valence electrons. The van der Waals surface area contributed by atoms with Crippen LogP contribution in [0.5, 0.6) is 0 Å². The minimum absolute atomic E-state index is 0.0194. The molecule has 3 rings (SSSR count). The summed E-state index contributed by atoms with van der Waals surface area (Å²) >= 11 is 7.24. The lowest BCUT2D eigenvalue weighted by Crippen LogP contribution is -2.48. The summed E-state index contributed by atoms with van der Waals surface area (Å²) in [6.45, 7) is 4.09. The van der Waals surface area contributed by atoms with Gasteiger partial charge in [0, 0.05) is 55.5 Å². The van der Waals surface area contributed by atoms with Gasteiger partial charge in [0.1, 0.15) is 6.61 Å². The second kappa shape index (κ2) is 8.57. The summed E-state index contributed by atoms with van der Waals surface area (Å²) in [5.41, 5.74) is 0.757. The molecule has 1 amide bonds. The molecule has 1 aromatic heterocycles. The largest absolute Gasteiger partial charge is 0.377 e. The van der Waals surface area contributed by atoms with Crippen LogP contribution in [0.3, 0.4) is 0 Å². The third-order valence-electron chi connectivity index (χ3n) is 3.87. The molecule has 7 nitrogen and oxygen atoms in total. The van der Waals surface area contributed by atoms with Crippen molar-refractivity contribution >= 4 is 39.9 Å². The average Bonchev–Trinajstić information content (AvgIpc) is 3.07. The molecule has 0 saturated carbocycles. The summed E-state index contributed by atoms with van der Waals surface area (Å²) in [7, 11) is 1.63.